The Morgan fingerprint density at radius 3 is 3.15 bits per heavy atom. The minimum Gasteiger partial charge on any atom is -0.391 e. The number of likely N-dealkylation sites (tertiary alicyclic amines) is 1. The maximum Gasteiger partial charge on any atom is 0.275 e. The van der Waals surface area contributed by atoms with E-state index in [1.807, 2.05) is 6.20 Å². The maximum atomic E-state index is 11.6. The van der Waals surface area contributed by atoms with Gasteiger partial charge in [-0.05, 0) is 12.0 Å². The van der Waals surface area contributed by atoms with Crippen molar-refractivity contribution in [2.45, 2.75) is 12.6 Å². The average molecular weight is 294 g/mol. The summed E-state index contributed by atoms with van der Waals surface area (Å²) in [5.41, 5.74) is 2.09. The lowest BCUT2D eigenvalue weighted by atomic mass is 10.1. The number of rotatable bonds is 4. The number of aromatic nitrogens is 3. The molecule has 2 aromatic rings. The van der Waals surface area contributed by atoms with Gasteiger partial charge in [0.1, 0.15) is 5.52 Å². The summed E-state index contributed by atoms with van der Waals surface area (Å²) in [5, 5.41) is 10.0. The third-order valence-corrected chi connectivity index (χ3v) is 4.57. The first kappa shape index (κ1) is 13.7. The number of hydrogen-bond donors (Lipinski definition) is 3. The molecular formula is C13H18N4O2S. The fourth-order valence-electron chi connectivity index (χ4n) is 2.81. The van der Waals surface area contributed by atoms with Gasteiger partial charge >= 0.3 is 0 Å². The van der Waals surface area contributed by atoms with Gasteiger partial charge in [-0.2, -0.15) is 11.8 Å². The van der Waals surface area contributed by atoms with E-state index in [9.17, 15) is 9.90 Å². The summed E-state index contributed by atoms with van der Waals surface area (Å²) in [6.07, 6.45) is 5.06. The molecule has 20 heavy (non-hydrogen) atoms. The average Bonchev–Trinajstić information content (AvgIpc) is 2.97. The Labute approximate surface area is 120 Å². The summed E-state index contributed by atoms with van der Waals surface area (Å²) in [6, 6.07) is 0. The highest BCUT2D eigenvalue weighted by molar-refractivity contribution is 7.98. The van der Waals surface area contributed by atoms with Crippen molar-refractivity contribution in [3.63, 3.8) is 0 Å². The third-order valence-electron chi connectivity index (χ3n) is 3.80. The number of H-pyrrole nitrogens is 2. The zero-order valence-corrected chi connectivity index (χ0v) is 12.1. The first-order valence-electron chi connectivity index (χ1n) is 6.62. The Hall–Kier alpha value is -1.31. The van der Waals surface area contributed by atoms with Crippen LogP contribution in [0.2, 0.25) is 0 Å². The number of aliphatic hydroxyl groups is 1. The predicted octanol–water partition coefficient (Wildman–Crippen LogP) is 0.407. The van der Waals surface area contributed by atoms with E-state index in [1.54, 1.807) is 11.8 Å². The van der Waals surface area contributed by atoms with Crippen LogP contribution in [0.15, 0.2) is 17.3 Å². The summed E-state index contributed by atoms with van der Waals surface area (Å²) in [6.45, 7) is 2.28. The molecule has 0 radical (unpaired) electrons. The molecule has 1 aliphatic heterocycles. The molecule has 2 atom stereocenters. The van der Waals surface area contributed by atoms with Crippen LogP contribution in [0.5, 0.6) is 0 Å². The van der Waals surface area contributed by atoms with Gasteiger partial charge in [0, 0.05) is 37.3 Å². The third kappa shape index (κ3) is 2.48. The predicted molar refractivity (Wildman–Crippen MR) is 79.9 cm³/mol. The van der Waals surface area contributed by atoms with E-state index < -0.39 is 0 Å². The molecule has 108 valence electrons. The van der Waals surface area contributed by atoms with E-state index in [2.05, 4.69) is 26.1 Å². The normalized spacial score (nSPS) is 23.7. The van der Waals surface area contributed by atoms with E-state index in [-0.39, 0.29) is 11.7 Å². The Balaban J connectivity index is 1.78. The summed E-state index contributed by atoms with van der Waals surface area (Å²) < 4.78 is 0. The molecule has 7 heteroatoms. The van der Waals surface area contributed by atoms with Crippen molar-refractivity contribution in [1.29, 1.82) is 0 Å². The van der Waals surface area contributed by atoms with E-state index in [4.69, 9.17) is 0 Å². The quantitative estimate of drug-likeness (QED) is 0.760. The van der Waals surface area contributed by atoms with Gasteiger partial charge < -0.3 is 15.1 Å². The molecule has 3 rings (SSSR count). The van der Waals surface area contributed by atoms with Crippen molar-refractivity contribution in [2.75, 3.05) is 25.1 Å². The van der Waals surface area contributed by atoms with Crippen molar-refractivity contribution in [3.8, 4) is 0 Å². The Bertz CT molecular complexity index is 653. The van der Waals surface area contributed by atoms with E-state index >= 15 is 0 Å². The first-order valence-corrected chi connectivity index (χ1v) is 8.01. The van der Waals surface area contributed by atoms with Crippen LogP contribution in [-0.4, -0.2) is 56.2 Å². The van der Waals surface area contributed by atoms with Crippen molar-refractivity contribution in [3.05, 3.63) is 28.4 Å². The maximum absolute atomic E-state index is 11.6. The summed E-state index contributed by atoms with van der Waals surface area (Å²) in [5.74, 6) is 1.30. The number of nitrogens with one attached hydrogen (secondary N) is 2. The van der Waals surface area contributed by atoms with E-state index in [0.717, 1.165) is 23.4 Å². The molecule has 1 fully saturated rings. The van der Waals surface area contributed by atoms with Crippen LogP contribution >= 0.6 is 11.8 Å². The Kier molecular flexibility index (Phi) is 3.82. The van der Waals surface area contributed by atoms with E-state index in [1.165, 1.54) is 6.33 Å². The second-order valence-corrected chi connectivity index (χ2v) is 6.16. The lowest BCUT2D eigenvalue weighted by Gasteiger charge is -2.14. The molecule has 0 aliphatic carbocycles. The first-order chi connectivity index (χ1) is 9.69. The van der Waals surface area contributed by atoms with Crippen molar-refractivity contribution >= 4 is 22.8 Å². The zero-order valence-electron chi connectivity index (χ0n) is 11.3. The van der Waals surface area contributed by atoms with Gasteiger partial charge in [-0.25, -0.2) is 4.98 Å². The van der Waals surface area contributed by atoms with Crippen LogP contribution in [0.1, 0.15) is 5.56 Å². The smallest absolute Gasteiger partial charge is 0.275 e. The number of thioether (sulfide) groups is 1. The molecule has 6 nitrogen and oxygen atoms in total. The zero-order chi connectivity index (χ0) is 14.1. The molecule has 3 heterocycles. The van der Waals surface area contributed by atoms with Gasteiger partial charge in [0.05, 0.1) is 17.9 Å². The lowest BCUT2D eigenvalue weighted by Crippen LogP contribution is -2.21. The van der Waals surface area contributed by atoms with Crippen LogP contribution in [-0.2, 0) is 6.54 Å². The van der Waals surface area contributed by atoms with Crippen LogP contribution in [0.3, 0.4) is 0 Å². The highest BCUT2D eigenvalue weighted by Gasteiger charge is 2.31. The van der Waals surface area contributed by atoms with Crippen molar-refractivity contribution in [1.82, 2.24) is 19.9 Å². The minimum absolute atomic E-state index is 0.150. The van der Waals surface area contributed by atoms with Gasteiger partial charge in [0.25, 0.3) is 5.56 Å². The van der Waals surface area contributed by atoms with Gasteiger partial charge in [-0.3, -0.25) is 9.69 Å². The molecular weight excluding hydrogens is 276 g/mol. The second-order valence-electron chi connectivity index (χ2n) is 5.25. The summed E-state index contributed by atoms with van der Waals surface area (Å²) >= 11 is 1.77. The topological polar surface area (TPSA) is 85.0 Å². The molecule has 3 N–H and O–H groups in total. The van der Waals surface area contributed by atoms with Crippen LogP contribution in [0.4, 0.5) is 0 Å². The number of β-amino-alcohol motifs (C(OH)–C–C–N with tert-alkyl or cyclic N) is 1. The Morgan fingerprint density at radius 1 is 1.50 bits per heavy atom. The van der Waals surface area contributed by atoms with Gasteiger partial charge in [-0.15, -0.1) is 0 Å². The molecule has 0 spiro atoms. The molecule has 0 unspecified atom stereocenters. The monoisotopic (exact) mass is 294 g/mol. The highest BCUT2D eigenvalue weighted by atomic mass is 32.2. The molecule has 1 saturated heterocycles. The number of fused-ring (bicyclic) bond motifs is 1. The van der Waals surface area contributed by atoms with Crippen molar-refractivity contribution < 1.29 is 5.11 Å². The number of nitrogens with zero attached hydrogens (tertiary/aromatic N) is 2. The molecule has 0 bridgehead atoms. The highest BCUT2D eigenvalue weighted by Crippen LogP contribution is 2.23. The molecule has 1 aliphatic rings. The van der Waals surface area contributed by atoms with E-state index in [0.29, 0.717) is 24.5 Å². The minimum atomic E-state index is -0.260. The van der Waals surface area contributed by atoms with Gasteiger partial charge in [-0.1, -0.05) is 0 Å². The fourth-order valence-corrected chi connectivity index (χ4v) is 3.57. The van der Waals surface area contributed by atoms with Gasteiger partial charge in [0.2, 0.25) is 0 Å². The number of hydrogen-bond acceptors (Lipinski definition) is 5. The fraction of sp³-hybridized carbons (Fsp3) is 0.538. The summed E-state index contributed by atoms with van der Waals surface area (Å²) in [4.78, 5) is 23.6. The lowest BCUT2D eigenvalue weighted by molar-refractivity contribution is 0.149. The largest absolute Gasteiger partial charge is 0.391 e. The van der Waals surface area contributed by atoms with Crippen LogP contribution in [0.25, 0.3) is 11.0 Å². The molecule has 0 amide bonds. The standard InChI is InChI=1S/C13H18N4O2S/c1-20-6-9-4-17(5-10(9)18)3-8-2-14-12-11(8)15-7-16-13(12)19/h2,7,9-10,14,18H,3-6H2,1H3,(H,15,16,19)/t9-,10-/m1/s1. The SMILES string of the molecule is CSC[C@H]1CN(Cc2c[nH]c3c(=O)[nH]cnc23)C[C@H]1O. The number of aromatic amines is 2. The van der Waals surface area contributed by atoms with Crippen LogP contribution < -0.4 is 5.56 Å². The second kappa shape index (κ2) is 5.59. The number of aliphatic hydroxyl groups excluding tert-OH is 1. The van der Waals surface area contributed by atoms with Crippen LogP contribution in [0, 0.1) is 5.92 Å². The van der Waals surface area contributed by atoms with Gasteiger partial charge in [0.15, 0.2) is 0 Å². The Morgan fingerprint density at radius 2 is 2.35 bits per heavy atom. The molecule has 0 aromatic carbocycles. The molecule has 2 aromatic heterocycles. The van der Waals surface area contributed by atoms with Crippen molar-refractivity contribution in [2.24, 2.45) is 5.92 Å². The summed E-state index contributed by atoms with van der Waals surface area (Å²) in [7, 11) is 0. The molecule has 0 saturated carbocycles.